The second kappa shape index (κ2) is 18.4. The van der Waals surface area contributed by atoms with Crippen LogP contribution in [-0.2, 0) is 45.2 Å². The van der Waals surface area contributed by atoms with Gasteiger partial charge in [0.15, 0.2) is 0 Å². The number of fused-ring (bicyclic) bond motifs is 5. The van der Waals surface area contributed by atoms with Crippen molar-refractivity contribution >= 4 is 56.6 Å². The molecule has 3 aliphatic heterocycles. The van der Waals surface area contributed by atoms with Crippen LogP contribution in [0.2, 0.25) is 0 Å². The first-order chi connectivity index (χ1) is 31.3. The quantitative estimate of drug-likeness (QED) is 0.214. The molecule has 18 heteroatoms. The van der Waals surface area contributed by atoms with E-state index in [-0.39, 0.29) is 81.0 Å². The number of carbonyl (C=O) groups is 6. The van der Waals surface area contributed by atoms with E-state index in [0.717, 1.165) is 38.5 Å². The molecule has 2 saturated heterocycles. The number of benzene rings is 1. The van der Waals surface area contributed by atoms with Crippen LogP contribution in [0.5, 0.6) is 11.6 Å². The van der Waals surface area contributed by atoms with E-state index in [1.54, 1.807) is 0 Å². The number of carbonyl (C=O) groups excluding carboxylic acids is 6. The maximum absolute atomic E-state index is 15.1. The number of para-hydroxylation sites is 1. The lowest BCUT2D eigenvalue weighted by Crippen LogP contribution is -2.59. The third kappa shape index (κ3) is 9.32. The topological polar surface area (TPSA) is 220 Å². The number of likely N-dealkylation sites (tertiary alicyclic amines) is 1. The summed E-state index contributed by atoms with van der Waals surface area (Å²) < 4.78 is 47.3. The van der Waals surface area contributed by atoms with Gasteiger partial charge in [-0.1, -0.05) is 43.2 Å². The second-order valence-electron chi connectivity index (χ2n) is 18.7. The molecule has 7 aliphatic rings. The van der Waals surface area contributed by atoms with Crippen LogP contribution in [0, 0.1) is 17.8 Å². The number of sulfonamides is 1. The van der Waals surface area contributed by atoms with E-state index in [9.17, 15) is 32.4 Å². The average molecular weight is 915 g/mol. The Hall–Kier alpha value is -5.52. The Morgan fingerprint density at radius 3 is 2.45 bits per heavy atom. The summed E-state index contributed by atoms with van der Waals surface area (Å²) in [5.74, 6) is -2.47. The van der Waals surface area contributed by atoms with Gasteiger partial charge in [0.1, 0.15) is 42.2 Å². The summed E-state index contributed by atoms with van der Waals surface area (Å²) in [5, 5.41) is 5.81. The van der Waals surface area contributed by atoms with Crippen molar-refractivity contribution in [3.8, 4) is 11.6 Å². The number of amides is 6. The van der Waals surface area contributed by atoms with E-state index in [1.807, 2.05) is 30.3 Å². The molecule has 1 aromatic carbocycles. The van der Waals surface area contributed by atoms with Crippen LogP contribution < -0.4 is 24.8 Å². The molecule has 65 heavy (non-hydrogen) atoms. The van der Waals surface area contributed by atoms with E-state index >= 15 is 4.79 Å². The molecular weight excluding hydrogens is 857 g/mol. The first-order valence-electron chi connectivity index (χ1n) is 23.3. The Bertz CT molecular complexity index is 2380. The Kier molecular flexibility index (Phi) is 12.6. The molecule has 4 heterocycles. The molecule has 6 amide bonds. The van der Waals surface area contributed by atoms with Crippen molar-refractivity contribution in [3.63, 3.8) is 0 Å². The normalized spacial score (nSPS) is 30.3. The monoisotopic (exact) mass is 914 g/mol. The van der Waals surface area contributed by atoms with E-state index in [2.05, 4.69) is 28.0 Å². The number of nitrogens with one attached hydrogen (secondary N) is 3. The number of alkyl carbamates (subject to hydrolysis) is 1. The molecule has 348 valence electrons. The van der Waals surface area contributed by atoms with E-state index in [4.69, 9.17) is 19.2 Å². The van der Waals surface area contributed by atoms with Crippen molar-refractivity contribution in [2.75, 3.05) is 19.7 Å². The second-order valence-corrected chi connectivity index (χ2v) is 20.7. The zero-order valence-electron chi connectivity index (χ0n) is 36.5. The van der Waals surface area contributed by atoms with Crippen LogP contribution >= 0.6 is 0 Å². The molecule has 6 fully saturated rings. The molecule has 4 saturated carbocycles. The number of pyridine rings is 1. The lowest BCUT2D eigenvalue weighted by Gasteiger charge is -2.32. The number of rotatable bonds is 11. The predicted molar refractivity (Wildman–Crippen MR) is 236 cm³/mol. The third-order valence-corrected chi connectivity index (χ3v) is 16.3. The molecule has 2 aromatic rings. The lowest BCUT2D eigenvalue weighted by atomic mass is 9.96. The highest BCUT2D eigenvalue weighted by molar-refractivity contribution is 7.91. The van der Waals surface area contributed by atoms with Crippen LogP contribution in [-0.4, -0.2) is 114 Å². The van der Waals surface area contributed by atoms with Crippen molar-refractivity contribution in [2.45, 2.75) is 138 Å². The molecule has 9 rings (SSSR count). The average Bonchev–Trinajstić information content (AvgIpc) is 4.00. The summed E-state index contributed by atoms with van der Waals surface area (Å²) in [7, 11) is -3.95. The van der Waals surface area contributed by atoms with Crippen molar-refractivity contribution in [1.29, 1.82) is 0 Å². The predicted octanol–water partition coefficient (Wildman–Crippen LogP) is 4.13. The molecule has 3 N–H and O–H groups in total. The number of imide groups is 1. The molecule has 17 nitrogen and oxygen atoms in total. The molecule has 0 spiro atoms. The van der Waals surface area contributed by atoms with Gasteiger partial charge < -0.3 is 29.7 Å². The molecular formula is C47H58N6O11S. The zero-order chi connectivity index (χ0) is 45.5. The first-order valence-corrected chi connectivity index (χ1v) is 24.9. The number of ether oxygens (including phenoxy) is 3. The summed E-state index contributed by atoms with van der Waals surface area (Å²) in [6.45, 7) is 3.83. The van der Waals surface area contributed by atoms with Crippen molar-refractivity contribution in [2.24, 2.45) is 17.8 Å². The summed E-state index contributed by atoms with van der Waals surface area (Å²) in [6, 6.07) is 5.19. The fourth-order valence-electron chi connectivity index (χ4n) is 10.6. The summed E-state index contributed by atoms with van der Waals surface area (Å²) >= 11 is 0. The van der Waals surface area contributed by atoms with E-state index < -0.39 is 68.7 Å². The van der Waals surface area contributed by atoms with Gasteiger partial charge in [0.2, 0.25) is 39.5 Å². The Balaban J connectivity index is 1.07. The Labute approximate surface area is 378 Å². The van der Waals surface area contributed by atoms with Gasteiger partial charge in [0.25, 0.3) is 5.91 Å². The number of aromatic nitrogens is 1. The number of hydrogen-bond donors (Lipinski definition) is 3. The maximum atomic E-state index is 15.1. The Morgan fingerprint density at radius 2 is 1.71 bits per heavy atom. The maximum Gasteiger partial charge on any atom is 0.408 e. The summed E-state index contributed by atoms with van der Waals surface area (Å²) in [6.07, 6.45) is 12.5. The van der Waals surface area contributed by atoms with Gasteiger partial charge >= 0.3 is 6.09 Å². The van der Waals surface area contributed by atoms with Crippen LogP contribution in [0.4, 0.5) is 4.79 Å². The first kappa shape index (κ1) is 44.7. The molecule has 1 unspecified atom stereocenters. The van der Waals surface area contributed by atoms with Crippen LogP contribution in [0.3, 0.4) is 0 Å². The fraction of sp³-hybridized carbons (Fsp3) is 0.596. The minimum Gasteiger partial charge on any atom is -0.491 e. The van der Waals surface area contributed by atoms with Crippen LogP contribution in [0.15, 0.2) is 49.1 Å². The number of hydrogen-bond acceptors (Lipinski definition) is 12. The molecule has 2 bridgehead atoms. The van der Waals surface area contributed by atoms with Gasteiger partial charge in [-0.15, -0.1) is 6.58 Å². The highest BCUT2D eigenvalue weighted by Crippen LogP contribution is 2.46. The van der Waals surface area contributed by atoms with Crippen LogP contribution in [0.1, 0.15) is 102 Å². The van der Waals surface area contributed by atoms with Crippen molar-refractivity contribution in [1.82, 2.24) is 30.1 Å². The van der Waals surface area contributed by atoms with Crippen LogP contribution in [0.25, 0.3) is 10.9 Å². The smallest absolute Gasteiger partial charge is 0.408 e. The molecule has 7 atom stereocenters. The Morgan fingerprint density at radius 1 is 0.954 bits per heavy atom. The van der Waals surface area contributed by atoms with Crippen molar-refractivity contribution in [3.05, 3.63) is 54.6 Å². The van der Waals surface area contributed by atoms with Gasteiger partial charge in [-0.3, -0.25) is 33.6 Å². The standard InChI is InChI=1S/C47H58N6O11S/c1-2-30-26-47(30,45(58)51-65(60,61)32-19-20-32)50-42(56)36-25-31-27-53(36)44(57)40(29-12-6-7-13-29)49-46(59)64-37-18-10-14-28(37)11-4-3-5-16-34-41(62-24-23-52-38(54)21-22-39(52)55)33-15-8-9-17-35(33)48-43(34)63-31/h2-3,5,8-9,15,17,28-32,36-37,40H,1,4,6-7,10-14,16,18-27H2,(H,49,59)(H,50,56)(H,51,58)/b5-3+/t28-,30?,31-,36+,37-,40+,47-/m1/s1. The molecule has 4 aliphatic carbocycles. The van der Waals surface area contributed by atoms with Gasteiger partial charge in [-0.2, -0.15) is 0 Å². The lowest BCUT2D eigenvalue weighted by molar-refractivity contribution is -0.142. The van der Waals surface area contributed by atoms with E-state index in [0.29, 0.717) is 60.7 Å². The fourth-order valence-corrected chi connectivity index (χ4v) is 11.9. The van der Waals surface area contributed by atoms with Gasteiger partial charge in [-0.25, -0.2) is 18.2 Å². The highest BCUT2D eigenvalue weighted by atomic mass is 32.2. The van der Waals surface area contributed by atoms with Gasteiger partial charge in [-0.05, 0) is 94.6 Å². The number of nitrogens with zero attached hydrogens (tertiary/aromatic N) is 3. The highest BCUT2D eigenvalue weighted by Gasteiger charge is 2.62. The molecule has 0 radical (unpaired) electrons. The summed E-state index contributed by atoms with van der Waals surface area (Å²) in [4.78, 5) is 89.8. The minimum absolute atomic E-state index is 0.0237. The largest absolute Gasteiger partial charge is 0.491 e. The third-order valence-electron chi connectivity index (χ3n) is 14.4. The SMILES string of the molecule is C=CC1C[C@]1(NC(=O)[C@@H]1C[C@@H]2CN1C(=O)[C@H](C1CCCC1)NC(=O)O[C@@H]1CCC[C@H]1CC/C=C/Cc1c(nc3ccccc3c1OCCN1C(=O)CCC1=O)O2)C(=O)NS(=O)(=O)C1CC1. The van der Waals surface area contributed by atoms with Gasteiger partial charge in [0, 0.05) is 30.6 Å². The molecule has 1 aromatic heterocycles. The minimum atomic E-state index is -3.95. The van der Waals surface area contributed by atoms with Crippen molar-refractivity contribution < 1.29 is 51.4 Å². The number of allylic oxidation sites excluding steroid dienone is 2. The van der Waals surface area contributed by atoms with Gasteiger partial charge in [0.05, 0.1) is 29.4 Å². The van der Waals surface area contributed by atoms with E-state index in [1.165, 1.54) is 15.9 Å². The summed E-state index contributed by atoms with van der Waals surface area (Å²) in [5.41, 5.74) is -0.444. The zero-order valence-corrected chi connectivity index (χ0v) is 37.4.